The molecule has 3 aromatic rings. The zero-order chi connectivity index (χ0) is 22.5. The van der Waals surface area contributed by atoms with E-state index in [-0.39, 0.29) is 18.3 Å². The number of carboxylic acid groups (broad SMARTS) is 1. The summed E-state index contributed by atoms with van der Waals surface area (Å²) >= 11 is 0. The number of fused-ring (bicyclic) bond motifs is 2. The number of carbonyl (C=O) groups excluding carboxylic acids is 1. The maximum Gasteiger partial charge on any atom is 0.290 e. The minimum Gasteiger partial charge on any atom is -0.483 e. The molecule has 2 aliphatic heterocycles. The zero-order valence-electron chi connectivity index (χ0n) is 18.1. The molecule has 0 aliphatic carbocycles. The molecule has 0 bridgehead atoms. The van der Waals surface area contributed by atoms with Crippen molar-refractivity contribution in [2.75, 3.05) is 13.1 Å². The van der Waals surface area contributed by atoms with Crippen molar-refractivity contribution in [1.82, 2.24) is 34.9 Å². The lowest BCUT2D eigenvalue weighted by atomic mass is 10.0. The van der Waals surface area contributed by atoms with Gasteiger partial charge in [-0.05, 0) is 29.7 Å². The summed E-state index contributed by atoms with van der Waals surface area (Å²) in [5.74, 6) is 0.645. The molecule has 0 fully saturated rings. The topological polar surface area (TPSA) is 119 Å². The maximum atomic E-state index is 13.4. The summed E-state index contributed by atoms with van der Waals surface area (Å²) < 4.78 is 3.79. The molecular weight excluding hydrogens is 410 g/mol. The highest BCUT2D eigenvalue weighted by Crippen LogP contribution is 2.30. The third-order valence-electron chi connectivity index (χ3n) is 6.17. The molecule has 1 N–H and O–H groups in total. The molecule has 10 nitrogen and oxygen atoms in total. The van der Waals surface area contributed by atoms with E-state index in [2.05, 4.69) is 27.7 Å². The monoisotopic (exact) mass is 437 g/mol. The summed E-state index contributed by atoms with van der Waals surface area (Å²) in [7, 11) is 2.00. The second-order valence-electron chi connectivity index (χ2n) is 8.00. The first-order valence-corrected chi connectivity index (χ1v) is 10.9. The van der Waals surface area contributed by atoms with Gasteiger partial charge in [0, 0.05) is 49.9 Å². The highest BCUT2D eigenvalue weighted by Gasteiger charge is 2.33. The number of hydrogen-bond donors (Lipinski definition) is 1. The SMILES string of the molecule is Cn1nc(-c2ccccc2)c2c1CCN(C(=O)C1CCCCn3nnnc31)CC2.O=CO. The molecule has 0 radical (unpaired) electrons. The van der Waals surface area contributed by atoms with Gasteiger partial charge in [0.05, 0.1) is 11.6 Å². The van der Waals surface area contributed by atoms with Crippen LogP contribution in [0.2, 0.25) is 0 Å². The average Bonchev–Trinajstić information content (AvgIpc) is 3.23. The minimum atomic E-state index is -0.250. The van der Waals surface area contributed by atoms with Crippen LogP contribution in [0.25, 0.3) is 11.3 Å². The smallest absolute Gasteiger partial charge is 0.290 e. The van der Waals surface area contributed by atoms with Gasteiger partial charge in [-0.15, -0.1) is 5.10 Å². The summed E-state index contributed by atoms with van der Waals surface area (Å²) in [4.78, 5) is 23.8. The molecule has 32 heavy (non-hydrogen) atoms. The van der Waals surface area contributed by atoms with E-state index >= 15 is 0 Å². The van der Waals surface area contributed by atoms with Gasteiger partial charge in [-0.1, -0.05) is 36.8 Å². The number of hydrogen-bond acceptors (Lipinski definition) is 6. The lowest BCUT2D eigenvalue weighted by Gasteiger charge is -2.25. The Labute approximate surface area is 185 Å². The lowest BCUT2D eigenvalue weighted by Crippen LogP contribution is -2.37. The summed E-state index contributed by atoms with van der Waals surface area (Å²) in [6.07, 6.45) is 4.47. The van der Waals surface area contributed by atoms with Gasteiger partial charge >= 0.3 is 0 Å². The predicted molar refractivity (Wildman–Crippen MR) is 116 cm³/mol. The third-order valence-corrected chi connectivity index (χ3v) is 6.17. The third kappa shape index (κ3) is 4.25. The van der Waals surface area contributed by atoms with Crippen LogP contribution in [0.4, 0.5) is 0 Å². The molecule has 1 atom stereocenters. The van der Waals surface area contributed by atoms with Crippen LogP contribution in [0.15, 0.2) is 30.3 Å². The predicted octanol–water partition coefficient (Wildman–Crippen LogP) is 1.67. The average molecular weight is 438 g/mol. The maximum absolute atomic E-state index is 13.4. The van der Waals surface area contributed by atoms with Gasteiger partial charge < -0.3 is 10.0 Å². The van der Waals surface area contributed by atoms with Crippen LogP contribution in [0, 0.1) is 0 Å². The van der Waals surface area contributed by atoms with Crippen molar-refractivity contribution < 1.29 is 14.7 Å². The van der Waals surface area contributed by atoms with Crippen LogP contribution < -0.4 is 0 Å². The molecule has 5 rings (SSSR count). The van der Waals surface area contributed by atoms with E-state index in [0.29, 0.717) is 13.1 Å². The summed E-state index contributed by atoms with van der Waals surface area (Å²) in [6, 6.07) is 10.3. The van der Waals surface area contributed by atoms with Crippen LogP contribution in [0.3, 0.4) is 0 Å². The molecule has 1 unspecified atom stereocenters. The fraction of sp³-hybridized carbons (Fsp3) is 0.455. The Bertz CT molecular complexity index is 1080. The van der Waals surface area contributed by atoms with Crippen LogP contribution >= 0.6 is 0 Å². The number of aryl methyl sites for hydroxylation is 2. The number of nitrogens with zero attached hydrogens (tertiary/aromatic N) is 7. The molecule has 0 saturated heterocycles. The first-order chi connectivity index (χ1) is 15.6. The fourth-order valence-electron chi connectivity index (χ4n) is 4.64. The van der Waals surface area contributed by atoms with Crippen molar-refractivity contribution in [1.29, 1.82) is 0 Å². The molecule has 10 heteroatoms. The number of rotatable bonds is 2. The van der Waals surface area contributed by atoms with Gasteiger partial charge in [-0.3, -0.25) is 14.3 Å². The second-order valence-corrected chi connectivity index (χ2v) is 8.00. The molecule has 1 amide bonds. The first kappa shape index (κ1) is 21.7. The highest BCUT2D eigenvalue weighted by molar-refractivity contribution is 5.83. The lowest BCUT2D eigenvalue weighted by molar-refractivity contribution is -0.133. The molecule has 2 aromatic heterocycles. The number of carbonyl (C=O) groups is 2. The zero-order valence-corrected chi connectivity index (χ0v) is 18.1. The largest absolute Gasteiger partial charge is 0.483 e. The van der Waals surface area contributed by atoms with Crippen molar-refractivity contribution in [3.8, 4) is 11.3 Å². The number of amides is 1. The second kappa shape index (κ2) is 9.71. The van der Waals surface area contributed by atoms with Crippen molar-refractivity contribution in [2.45, 2.75) is 44.6 Å². The quantitative estimate of drug-likeness (QED) is 0.606. The molecule has 1 aromatic carbocycles. The van der Waals surface area contributed by atoms with Gasteiger partial charge in [0.25, 0.3) is 6.47 Å². The van der Waals surface area contributed by atoms with E-state index in [1.54, 1.807) is 4.68 Å². The Morgan fingerprint density at radius 2 is 1.88 bits per heavy atom. The van der Waals surface area contributed by atoms with Gasteiger partial charge in [0.2, 0.25) is 5.91 Å². The van der Waals surface area contributed by atoms with E-state index < -0.39 is 0 Å². The van der Waals surface area contributed by atoms with Gasteiger partial charge in [0.1, 0.15) is 0 Å². The minimum absolute atomic E-state index is 0.157. The van der Waals surface area contributed by atoms with Gasteiger partial charge in [0.15, 0.2) is 5.82 Å². The van der Waals surface area contributed by atoms with E-state index in [9.17, 15) is 4.79 Å². The molecule has 168 valence electrons. The van der Waals surface area contributed by atoms with Crippen LogP contribution in [-0.4, -0.2) is 65.5 Å². The van der Waals surface area contributed by atoms with E-state index in [1.807, 2.05) is 34.8 Å². The van der Waals surface area contributed by atoms with Gasteiger partial charge in [-0.25, -0.2) is 4.68 Å². The summed E-state index contributed by atoms with van der Waals surface area (Å²) in [5, 5.41) is 23.7. The van der Waals surface area contributed by atoms with Crippen LogP contribution in [0.1, 0.15) is 42.3 Å². The summed E-state index contributed by atoms with van der Waals surface area (Å²) in [6.45, 7) is 1.96. The van der Waals surface area contributed by atoms with Gasteiger partial charge in [-0.2, -0.15) is 5.10 Å². The molecule has 4 heterocycles. The number of aromatic nitrogens is 6. The summed E-state index contributed by atoms with van der Waals surface area (Å²) in [5.41, 5.74) is 4.66. The van der Waals surface area contributed by atoms with Crippen LogP contribution in [-0.2, 0) is 36.0 Å². The van der Waals surface area contributed by atoms with Crippen molar-refractivity contribution >= 4 is 12.4 Å². The van der Waals surface area contributed by atoms with Crippen LogP contribution in [0.5, 0.6) is 0 Å². The Balaban J connectivity index is 0.000000775. The molecule has 0 spiro atoms. The normalized spacial score (nSPS) is 17.8. The number of tetrazole rings is 1. The fourth-order valence-corrected chi connectivity index (χ4v) is 4.64. The molecule has 2 aliphatic rings. The first-order valence-electron chi connectivity index (χ1n) is 10.9. The Morgan fingerprint density at radius 1 is 1.12 bits per heavy atom. The standard InChI is InChI=1S/C21H25N7O.CH2O2/c1-26-18-11-14-27(13-10-16(18)19(23-26)15-7-3-2-4-8-15)21(29)17-9-5-6-12-28-20(17)22-24-25-28;2-1-3/h2-4,7-8,17H,5-6,9-14H2,1H3;1H,(H,2,3). The Hall–Kier alpha value is -3.56. The van der Waals surface area contributed by atoms with E-state index in [1.165, 1.54) is 11.3 Å². The van der Waals surface area contributed by atoms with Crippen molar-refractivity contribution in [3.63, 3.8) is 0 Å². The van der Waals surface area contributed by atoms with Crippen molar-refractivity contribution in [2.24, 2.45) is 7.05 Å². The molecular formula is C22H27N7O3. The highest BCUT2D eigenvalue weighted by atomic mass is 16.3. The van der Waals surface area contributed by atoms with E-state index in [0.717, 1.165) is 55.7 Å². The molecule has 0 saturated carbocycles. The Kier molecular flexibility index (Phi) is 6.58. The van der Waals surface area contributed by atoms with E-state index in [4.69, 9.17) is 15.0 Å². The van der Waals surface area contributed by atoms with Crippen molar-refractivity contribution in [3.05, 3.63) is 47.4 Å². The Morgan fingerprint density at radius 3 is 2.66 bits per heavy atom. The number of benzene rings is 1.